The minimum atomic E-state index is -0.843. The molecule has 0 spiro atoms. The molecule has 6 nitrogen and oxygen atoms in total. The number of thioether (sulfide) groups is 1. The van der Waals surface area contributed by atoms with Gasteiger partial charge >= 0.3 is 5.97 Å². The third-order valence-corrected chi connectivity index (χ3v) is 4.06. The SMILES string of the molecule is COc1ccc2[nH]cc(CC(=O)NCCSCC(=O)O)c2c1. The fourth-order valence-electron chi connectivity index (χ4n) is 2.09. The van der Waals surface area contributed by atoms with E-state index in [1.165, 1.54) is 11.8 Å². The molecule has 0 atom stereocenters. The Morgan fingerprint density at radius 1 is 1.41 bits per heavy atom. The minimum Gasteiger partial charge on any atom is -0.497 e. The van der Waals surface area contributed by atoms with Crippen LogP contribution in [0.25, 0.3) is 10.9 Å². The van der Waals surface area contributed by atoms with Crippen LogP contribution in [0.1, 0.15) is 5.56 Å². The van der Waals surface area contributed by atoms with Crippen LogP contribution >= 0.6 is 11.8 Å². The molecule has 0 saturated heterocycles. The molecular formula is C15H18N2O4S. The molecule has 0 aliphatic heterocycles. The first-order valence-corrected chi connectivity index (χ1v) is 7.96. The molecule has 3 N–H and O–H groups in total. The third kappa shape index (κ3) is 4.42. The molecule has 0 saturated carbocycles. The third-order valence-electron chi connectivity index (χ3n) is 3.12. The van der Waals surface area contributed by atoms with Gasteiger partial charge in [-0.25, -0.2) is 0 Å². The lowest BCUT2D eigenvalue weighted by atomic mass is 10.1. The summed E-state index contributed by atoms with van der Waals surface area (Å²) >= 11 is 1.28. The second kappa shape index (κ2) is 7.74. The zero-order valence-electron chi connectivity index (χ0n) is 12.2. The number of hydrogen-bond donors (Lipinski definition) is 3. The van der Waals surface area contributed by atoms with Crippen LogP contribution < -0.4 is 10.1 Å². The Morgan fingerprint density at radius 2 is 2.23 bits per heavy atom. The summed E-state index contributed by atoms with van der Waals surface area (Å²) < 4.78 is 5.20. The van der Waals surface area contributed by atoms with E-state index in [2.05, 4.69) is 10.3 Å². The normalized spacial score (nSPS) is 10.6. The van der Waals surface area contributed by atoms with E-state index in [0.29, 0.717) is 12.3 Å². The van der Waals surface area contributed by atoms with Gasteiger partial charge in [0.1, 0.15) is 5.75 Å². The molecule has 0 aliphatic rings. The predicted octanol–water partition coefficient (Wildman–Crippen LogP) is 1.65. The number of benzene rings is 1. The van der Waals surface area contributed by atoms with E-state index < -0.39 is 5.97 Å². The Bertz CT molecular complexity index is 669. The Balaban J connectivity index is 1.87. The standard InChI is InChI=1S/C15H18N2O4S/c1-21-11-2-3-13-12(7-11)10(8-17-13)6-14(18)16-4-5-22-9-15(19)20/h2-3,7-8,17H,4-6,9H2,1H3,(H,16,18)(H,19,20). The zero-order valence-corrected chi connectivity index (χ0v) is 13.0. The van der Waals surface area contributed by atoms with Gasteiger partial charge in [-0.1, -0.05) is 0 Å². The summed E-state index contributed by atoms with van der Waals surface area (Å²) in [5.74, 6) is 0.459. The number of carboxylic acids is 1. The highest BCUT2D eigenvalue weighted by Gasteiger charge is 2.09. The van der Waals surface area contributed by atoms with Crippen molar-refractivity contribution in [2.75, 3.05) is 25.2 Å². The number of carbonyl (C=O) groups is 2. The Hall–Kier alpha value is -2.15. The van der Waals surface area contributed by atoms with Gasteiger partial charge in [0.05, 0.1) is 19.3 Å². The van der Waals surface area contributed by atoms with Crippen LogP contribution in [-0.4, -0.2) is 47.1 Å². The van der Waals surface area contributed by atoms with Gasteiger partial charge in [0.15, 0.2) is 0 Å². The molecule has 1 aromatic heterocycles. The number of aromatic nitrogens is 1. The lowest BCUT2D eigenvalue weighted by molar-refractivity contribution is -0.133. The van der Waals surface area contributed by atoms with Crippen molar-refractivity contribution in [3.63, 3.8) is 0 Å². The fourth-order valence-corrected chi connectivity index (χ4v) is 2.65. The van der Waals surface area contributed by atoms with E-state index >= 15 is 0 Å². The van der Waals surface area contributed by atoms with Crippen molar-refractivity contribution in [3.05, 3.63) is 30.0 Å². The molecule has 2 aromatic rings. The van der Waals surface area contributed by atoms with Gasteiger partial charge in [0.2, 0.25) is 5.91 Å². The van der Waals surface area contributed by atoms with Gasteiger partial charge in [-0.05, 0) is 23.8 Å². The number of hydrogen-bond acceptors (Lipinski definition) is 4. The second-order valence-electron chi connectivity index (χ2n) is 4.70. The van der Waals surface area contributed by atoms with Gasteiger partial charge in [0, 0.05) is 29.4 Å². The molecule has 0 aliphatic carbocycles. The molecule has 0 unspecified atom stereocenters. The van der Waals surface area contributed by atoms with Crippen molar-refractivity contribution in [1.29, 1.82) is 0 Å². The summed E-state index contributed by atoms with van der Waals surface area (Å²) in [6, 6.07) is 5.68. The smallest absolute Gasteiger partial charge is 0.313 e. The monoisotopic (exact) mass is 322 g/mol. The number of carbonyl (C=O) groups excluding carboxylic acids is 1. The maximum Gasteiger partial charge on any atom is 0.313 e. The number of aliphatic carboxylic acids is 1. The van der Waals surface area contributed by atoms with E-state index in [1.54, 1.807) is 7.11 Å². The molecule has 22 heavy (non-hydrogen) atoms. The van der Waals surface area contributed by atoms with E-state index in [4.69, 9.17) is 9.84 Å². The van der Waals surface area contributed by atoms with Crippen LogP contribution in [0.4, 0.5) is 0 Å². The predicted molar refractivity (Wildman–Crippen MR) is 86.5 cm³/mol. The molecule has 0 radical (unpaired) electrons. The minimum absolute atomic E-state index is 0.0537. The first-order valence-electron chi connectivity index (χ1n) is 6.80. The molecule has 0 bridgehead atoms. The van der Waals surface area contributed by atoms with Crippen LogP contribution in [0.2, 0.25) is 0 Å². The number of ether oxygens (including phenoxy) is 1. The van der Waals surface area contributed by atoms with Crippen molar-refractivity contribution < 1.29 is 19.4 Å². The first-order chi connectivity index (χ1) is 10.6. The number of fused-ring (bicyclic) bond motifs is 1. The van der Waals surface area contributed by atoms with Gasteiger partial charge in [-0.3, -0.25) is 9.59 Å². The summed E-state index contributed by atoms with van der Waals surface area (Å²) in [6.07, 6.45) is 2.10. The van der Waals surface area contributed by atoms with E-state index in [-0.39, 0.29) is 18.1 Å². The molecular weight excluding hydrogens is 304 g/mol. The largest absolute Gasteiger partial charge is 0.497 e. The maximum absolute atomic E-state index is 11.9. The van der Waals surface area contributed by atoms with Crippen LogP contribution in [0.5, 0.6) is 5.75 Å². The van der Waals surface area contributed by atoms with Gasteiger partial charge < -0.3 is 20.1 Å². The Morgan fingerprint density at radius 3 is 2.95 bits per heavy atom. The Labute approximate surface area is 132 Å². The van der Waals surface area contributed by atoms with Gasteiger partial charge in [-0.15, -0.1) is 11.8 Å². The lowest BCUT2D eigenvalue weighted by Crippen LogP contribution is -2.27. The number of aromatic amines is 1. The van der Waals surface area contributed by atoms with Crippen LogP contribution in [-0.2, 0) is 16.0 Å². The van der Waals surface area contributed by atoms with Crippen molar-refractivity contribution in [3.8, 4) is 5.75 Å². The van der Waals surface area contributed by atoms with Gasteiger partial charge in [-0.2, -0.15) is 0 Å². The Kier molecular flexibility index (Phi) is 5.71. The highest BCUT2D eigenvalue weighted by atomic mass is 32.2. The zero-order chi connectivity index (χ0) is 15.9. The number of nitrogens with one attached hydrogen (secondary N) is 2. The van der Waals surface area contributed by atoms with E-state index in [9.17, 15) is 9.59 Å². The van der Waals surface area contributed by atoms with Crippen LogP contribution in [0.15, 0.2) is 24.4 Å². The number of H-pyrrole nitrogens is 1. The maximum atomic E-state index is 11.9. The molecule has 118 valence electrons. The van der Waals surface area contributed by atoms with E-state index in [1.807, 2.05) is 24.4 Å². The second-order valence-corrected chi connectivity index (χ2v) is 5.80. The summed E-state index contributed by atoms with van der Waals surface area (Å²) in [7, 11) is 1.61. The highest BCUT2D eigenvalue weighted by Crippen LogP contribution is 2.23. The molecule has 1 aromatic carbocycles. The fraction of sp³-hybridized carbons (Fsp3) is 0.333. The van der Waals surface area contributed by atoms with Crippen molar-refractivity contribution in [1.82, 2.24) is 10.3 Å². The quantitative estimate of drug-likeness (QED) is 0.643. The van der Waals surface area contributed by atoms with Crippen LogP contribution in [0.3, 0.4) is 0 Å². The molecule has 2 rings (SSSR count). The molecule has 1 amide bonds. The molecule has 0 fully saturated rings. The number of methoxy groups -OCH3 is 1. The van der Waals surface area contributed by atoms with E-state index in [0.717, 1.165) is 22.2 Å². The highest BCUT2D eigenvalue weighted by molar-refractivity contribution is 7.99. The summed E-state index contributed by atoms with van der Waals surface area (Å²) in [6.45, 7) is 0.461. The van der Waals surface area contributed by atoms with Gasteiger partial charge in [0.25, 0.3) is 0 Å². The van der Waals surface area contributed by atoms with Crippen LogP contribution in [0, 0.1) is 0 Å². The number of carboxylic acid groups (broad SMARTS) is 1. The van der Waals surface area contributed by atoms with Crippen molar-refractivity contribution >= 4 is 34.5 Å². The topological polar surface area (TPSA) is 91.4 Å². The summed E-state index contributed by atoms with van der Waals surface area (Å²) in [5.41, 5.74) is 1.87. The molecule has 7 heteroatoms. The van der Waals surface area contributed by atoms with Crippen molar-refractivity contribution in [2.45, 2.75) is 6.42 Å². The molecule has 1 heterocycles. The number of rotatable bonds is 8. The number of amides is 1. The summed E-state index contributed by atoms with van der Waals surface area (Å²) in [5, 5.41) is 12.3. The summed E-state index contributed by atoms with van der Waals surface area (Å²) in [4.78, 5) is 25.4. The lowest BCUT2D eigenvalue weighted by Gasteiger charge is -2.05. The first kappa shape index (κ1) is 16.2. The average Bonchev–Trinajstić information content (AvgIpc) is 2.88. The average molecular weight is 322 g/mol. The van der Waals surface area contributed by atoms with Crippen molar-refractivity contribution in [2.24, 2.45) is 0 Å².